The zero-order valence-electron chi connectivity index (χ0n) is 14.9. The van der Waals surface area contributed by atoms with Crippen molar-refractivity contribution >= 4 is 42.6 Å². The van der Waals surface area contributed by atoms with Gasteiger partial charge >= 0.3 is 0 Å². The molecular formula is C18H19N3O3S2. The van der Waals surface area contributed by atoms with Gasteiger partial charge in [-0.2, -0.15) is 0 Å². The molecule has 3 rings (SSSR count). The summed E-state index contributed by atoms with van der Waals surface area (Å²) in [5.41, 5.74) is 3.23. The number of hydrogen-bond acceptors (Lipinski definition) is 5. The number of fused-ring (bicyclic) bond motifs is 1. The van der Waals surface area contributed by atoms with Gasteiger partial charge in [-0.3, -0.25) is 10.1 Å². The quantitative estimate of drug-likeness (QED) is 0.741. The number of sulfonamides is 1. The fourth-order valence-electron chi connectivity index (χ4n) is 2.60. The lowest BCUT2D eigenvalue weighted by molar-refractivity contribution is 0.102. The molecule has 0 bridgehead atoms. The van der Waals surface area contributed by atoms with Crippen molar-refractivity contribution in [2.75, 3.05) is 19.4 Å². The normalized spacial score (nSPS) is 11.9. The van der Waals surface area contributed by atoms with E-state index in [1.807, 2.05) is 32.0 Å². The summed E-state index contributed by atoms with van der Waals surface area (Å²) in [5.74, 6) is -0.239. The van der Waals surface area contributed by atoms with Crippen LogP contribution >= 0.6 is 11.3 Å². The van der Waals surface area contributed by atoms with E-state index >= 15 is 0 Å². The summed E-state index contributed by atoms with van der Waals surface area (Å²) in [5, 5.41) is 3.23. The van der Waals surface area contributed by atoms with Gasteiger partial charge in [0.05, 0.1) is 15.1 Å². The summed E-state index contributed by atoms with van der Waals surface area (Å²) in [6, 6.07) is 10.4. The minimum atomic E-state index is -3.51. The third-order valence-corrected chi connectivity index (χ3v) is 6.59. The third-order valence-electron chi connectivity index (χ3n) is 3.84. The minimum Gasteiger partial charge on any atom is -0.298 e. The summed E-state index contributed by atoms with van der Waals surface area (Å²) in [6.07, 6.45) is 0. The van der Waals surface area contributed by atoms with E-state index in [1.54, 1.807) is 12.1 Å². The van der Waals surface area contributed by atoms with Crippen LogP contribution < -0.4 is 5.32 Å². The van der Waals surface area contributed by atoms with Crippen molar-refractivity contribution in [1.29, 1.82) is 0 Å². The topological polar surface area (TPSA) is 79.4 Å². The van der Waals surface area contributed by atoms with Crippen molar-refractivity contribution < 1.29 is 13.2 Å². The summed E-state index contributed by atoms with van der Waals surface area (Å²) >= 11 is 1.24. The second kappa shape index (κ2) is 6.79. The van der Waals surface area contributed by atoms with Crippen molar-refractivity contribution in [3.63, 3.8) is 0 Å². The number of carbonyl (C=O) groups is 1. The number of thiazole rings is 1. The van der Waals surface area contributed by atoms with Crippen molar-refractivity contribution in [3.8, 4) is 0 Å². The van der Waals surface area contributed by atoms with Crippen molar-refractivity contribution in [2.24, 2.45) is 0 Å². The monoisotopic (exact) mass is 389 g/mol. The number of aryl methyl sites for hydroxylation is 2. The van der Waals surface area contributed by atoms with Crippen molar-refractivity contribution in [2.45, 2.75) is 18.7 Å². The highest BCUT2D eigenvalue weighted by Crippen LogP contribution is 2.29. The molecule has 0 aliphatic rings. The molecule has 3 aromatic rings. The SMILES string of the molecule is Cc1cc(C)cc(C(=O)Nc2nc3ccc(S(=O)(=O)N(C)C)cc3s2)c1. The van der Waals surface area contributed by atoms with Gasteiger partial charge in [0.1, 0.15) is 0 Å². The second-order valence-corrected chi connectivity index (χ2v) is 9.45. The van der Waals surface area contributed by atoms with Gasteiger partial charge in [0.15, 0.2) is 5.13 Å². The molecule has 6 nitrogen and oxygen atoms in total. The van der Waals surface area contributed by atoms with Gasteiger partial charge in [0.25, 0.3) is 5.91 Å². The Morgan fingerprint density at radius 1 is 1.08 bits per heavy atom. The van der Waals surface area contributed by atoms with Gasteiger partial charge < -0.3 is 0 Å². The maximum atomic E-state index is 12.5. The number of nitrogens with one attached hydrogen (secondary N) is 1. The average Bonchev–Trinajstić information content (AvgIpc) is 2.94. The van der Waals surface area contributed by atoms with E-state index in [1.165, 1.54) is 31.5 Å². The van der Waals surface area contributed by atoms with Crippen LogP contribution in [0.5, 0.6) is 0 Å². The molecule has 26 heavy (non-hydrogen) atoms. The highest BCUT2D eigenvalue weighted by Gasteiger charge is 2.19. The standard InChI is InChI=1S/C18H19N3O3S2/c1-11-7-12(2)9-13(8-11)17(22)20-18-19-15-6-5-14(10-16(15)25-18)26(23,24)21(3)4/h5-10H,1-4H3,(H,19,20,22). The molecule has 0 saturated heterocycles. The predicted octanol–water partition coefficient (Wildman–Crippen LogP) is 3.42. The van der Waals surface area contributed by atoms with Crippen LogP contribution in [0.2, 0.25) is 0 Å². The molecular weight excluding hydrogens is 370 g/mol. The first-order valence-corrected chi connectivity index (χ1v) is 10.2. The second-order valence-electron chi connectivity index (χ2n) is 6.27. The number of amides is 1. The van der Waals surface area contributed by atoms with Crippen LogP contribution in [0.1, 0.15) is 21.5 Å². The van der Waals surface area contributed by atoms with E-state index in [9.17, 15) is 13.2 Å². The van der Waals surface area contributed by atoms with Gasteiger partial charge in [-0.05, 0) is 44.2 Å². The van der Waals surface area contributed by atoms with Crippen LogP contribution in [0.4, 0.5) is 5.13 Å². The fraction of sp³-hybridized carbons (Fsp3) is 0.222. The molecule has 0 radical (unpaired) electrons. The number of rotatable bonds is 4. The van der Waals surface area contributed by atoms with E-state index in [2.05, 4.69) is 10.3 Å². The Balaban J connectivity index is 1.91. The first kappa shape index (κ1) is 18.5. The highest BCUT2D eigenvalue weighted by atomic mass is 32.2. The molecule has 0 aliphatic carbocycles. The van der Waals surface area contributed by atoms with Crippen LogP contribution in [0, 0.1) is 13.8 Å². The number of carbonyl (C=O) groups excluding carboxylic acids is 1. The summed E-state index contributed by atoms with van der Waals surface area (Å²) in [6.45, 7) is 3.88. The van der Waals surface area contributed by atoms with Crippen LogP contribution in [0.25, 0.3) is 10.2 Å². The largest absolute Gasteiger partial charge is 0.298 e. The van der Waals surface area contributed by atoms with Crippen LogP contribution in [-0.2, 0) is 10.0 Å². The lowest BCUT2D eigenvalue weighted by atomic mass is 10.1. The molecule has 2 aromatic carbocycles. The smallest absolute Gasteiger partial charge is 0.257 e. The van der Waals surface area contributed by atoms with Crippen molar-refractivity contribution in [3.05, 3.63) is 53.1 Å². The summed E-state index contributed by atoms with van der Waals surface area (Å²) in [4.78, 5) is 17.0. The molecule has 0 atom stereocenters. The summed E-state index contributed by atoms with van der Waals surface area (Å²) in [7, 11) is -0.534. The van der Waals surface area contributed by atoms with Gasteiger partial charge in [0.2, 0.25) is 10.0 Å². The Morgan fingerprint density at radius 2 is 1.73 bits per heavy atom. The van der Waals surface area contributed by atoms with Crippen LogP contribution in [0.15, 0.2) is 41.3 Å². The average molecular weight is 390 g/mol. The van der Waals surface area contributed by atoms with Crippen LogP contribution in [-0.4, -0.2) is 37.7 Å². The number of nitrogens with zero attached hydrogens (tertiary/aromatic N) is 2. The zero-order valence-corrected chi connectivity index (χ0v) is 16.5. The molecule has 0 aliphatic heterocycles. The maximum absolute atomic E-state index is 12.5. The Kier molecular flexibility index (Phi) is 4.83. The molecule has 8 heteroatoms. The molecule has 1 amide bonds. The van der Waals surface area contributed by atoms with E-state index in [-0.39, 0.29) is 10.8 Å². The van der Waals surface area contributed by atoms with Crippen LogP contribution in [0.3, 0.4) is 0 Å². The van der Waals surface area contributed by atoms with Gasteiger partial charge in [-0.25, -0.2) is 17.7 Å². The highest BCUT2D eigenvalue weighted by molar-refractivity contribution is 7.89. The molecule has 0 saturated carbocycles. The van der Waals surface area contributed by atoms with E-state index in [0.29, 0.717) is 20.9 Å². The molecule has 1 aromatic heterocycles. The number of aromatic nitrogens is 1. The Hall–Kier alpha value is -2.29. The molecule has 1 N–H and O–H groups in total. The Bertz CT molecular complexity index is 1080. The number of benzene rings is 2. The lowest BCUT2D eigenvalue weighted by Crippen LogP contribution is -2.22. The third kappa shape index (κ3) is 3.62. The molecule has 1 heterocycles. The van der Waals surface area contributed by atoms with E-state index < -0.39 is 10.0 Å². The first-order valence-electron chi connectivity index (χ1n) is 7.89. The summed E-state index contributed by atoms with van der Waals surface area (Å²) < 4.78 is 26.4. The van der Waals surface area contributed by atoms with E-state index in [4.69, 9.17) is 0 Å². The van der Waals surface area contributed by atoms with Gasteiger partial charge in [-0.15, -0.1) is 0 Å². The Labute approximate surface area is 156 Å². The van der Waals surface area contributed by atoms with Crippen molar-refractivity contribution in [1.82, 2.24) is 9.29 Å². The molecule has 136 valence electrons. The molecule has 0 spiro atoms. The minimum absolute atomic E-state index is 0.200. The molecule has 0 fully saturated rings. The lowest BCUT2D eigenvalue weighted by Gasteiger charge is -2.10. The predicted molar refractivity (Wildman–Crippen MR) is 104 cm³/mol. The van der Waals surface area contributed by atoms with Gasteiger partial charge in [-0.1, -0.05) is 28.5 Å². The fourth-order valence-corrected chi connectivity index (χ4v) is 4.51. The number of anilines is 1. The van der Waals surface area contributed by atoms with E-state index in [0.717, 1.165) is 15.4 Å². The zero-order chi connectivity index (χ0) is 19.1. The maximum Gasteiger partial charge on any atom is 0.257 e. The first-order chi connectivity index (χ1) is 12.2. The Morgan fingerprint density at radius 3 is 2.35 bits per heavy atom. The molecule has 0 unspecified atom stereocenters. The number of hydrogen-bond donors (Lipinski definition) is 1. The van der Waals surface area contributed by atoms with Gasteiger partial charge in [0, 0.05) is 19.7 Å².